The van der Waals surface area contributed by atoms with Crippen LogP contribution < -0.4 is 5.43 Å². The van der Waals surface area contributed by atoms with Gasteiger partial charge in [-0.05, 0) is 5.92 Å². The highest BCUT2D eigenvalue weighted by atomic mass is 16.2. The van der Waals surface area contributed by atoms with Gasteiger partial charge in [-0.25, -0.2) is 0 Å². The maximum Gasteiger partial charge on any atom is 0.182 e. The summed E-state index contributed by atoms with van der Waals surface area (Å²) in [6, 6.07) is 2.69. The molecule has 3 nitrogen and oxygen atoms in total. The van der Waals surface area contributed by atoms with Crippen LogP contribution in [-0.2, 0) is 0 Å². The van der Waals surface area contributed by atoms with Crippen molar-refractivity contribution in [3.05, 3.63) is 34.2 Å². The summed E-state index contributed by atoms with van der Waals surface area (Å²) in [4.78, 5) is 13.3. The monoisotopic (exact) mass is 135 g/mol. The van der Waals surface area contributed by atoms with Crippen molar-refractivity contribution in [1.82, 2.24) is 4.98 Å². The average Bonchev–Trinajstić information content (AvgIpc) is 1.88. The van der Waals surface area contributed by atoms with E-state index in [0.717, 1.165) is 0 Å². The molecular formula is C7H5NO2. The molecule has 0 bridgehead atoms. The molecule has 50 valence electrons. The van der Waals surface area contributed by atoms with Crippen molar-refractivity contribution in [2.24, 2.45) is 0 Å². The van der Waals surface area contributed by atoms with Crippen molar-refractivity contribution in [3.63, 3.8) is 0 Å². The van der Waals surface area contributed by atoms with E-state index in [1.807, 2.05) is 0 Å². The number of aliphatic hydroxyl groups excluding tert-OH is 1. The van der Waals surface area contributed by atoms with E-state index < -0.39 is 0 Å². The van der Waals surface area contributed by atoms with Crippen LogP contribution in [0.5, 0.6) is 0 Å². The number of aliphatic hydroxyl groups is 1. The quantitative estimate of drug-likeness (QED) is 0.494. The van der Waals surface area contributed by atoms with Crippen LogP contribution in [0, 0.1) is 12.0 Å². The highest BCUT2D eigenvalue weighted by Gasteiger charge is 1.84. The minimum Gasteiger partial charge on any atom is -0.462 e. The first-order valence-electron chi connectivity index (χ1n) is 2.67. The van der Waals surface area contributed by atoms with Crippen LogP contribution in [0.4, 0.5) is 0 Å². The molecule has 0 spiro atoms. The first-order valence-corrected chi connectivity index (χ1v) is 2.67. The van der Waals surface area contributed by atoms with Crippen molar-refractivity contribution >= 4 is 0 Å². The fourth-order valence-electron chi connectivity index (χ4n) is 0.578. The maximum absolute atomic E-state index is 10.6. The van der Waals surface area contributed by atoms with Crippen molar-refractivity contribution in [3.8, 4) is 12.0 Å². The molecule has 0 unspecified atom stereocenters. The zero-order chi connectivity index (χ0) is 7.40. The van der Waals surface area contributed by atoms with E-state index in [0.29, 0.717) is 5.69 Å². The molecule has 0 radical (unpaired) electrons. The number of H-pyrrole nitrogens is 1. The van der Waals surface area contributed by atoms with Gasteiger partial charge in [-0.1, -0.05) is 0 Å². The minimum absolute atomic E-state index is 0.128. The van der Waals surface area contributed by atoms with Crippen molar-refractivity contribution in [2.45, 2.75) is 0 Å². The Morgan fingerprint density at radius 2 is 2.40 bits per heavy atom. The molecule has 1 heterocycles. The molecule has 0 saturated heterocycles. The Hall–Kier alpha value is -1.69. The number of aromatic nitrogens is 1. The van der Waals surface area contributed by atoms with E-state index in [4.69, 9.17) is 5.11 Å². The molecule has 1 aromatic rings. The molecule has 0 aliphatic carbocycles. The van der Waals surface area contributed by atoms with Gasteiger partial charge in [0.25, 0.3) is 0 Å². The van der Waals surface area contributed by atoms with Crippen LogP contribution in [-0.4, -0.2) is 10.1 Å². The summed E-state index contributed by atoms with van der Waals surface area (Å²) in [7, 11) is 0. The summed E-state index contributed by atoms with van der Waals surface area (Å²) in [5.41, 5.74) is 0.284. The van der Waals surface area contributed by atoms with E-state index in [9.17, 15) is 4.79 Å². The van der Waals surface area contributed by atoms with Crippen molar-refractivity contribution in [2.75, 3.05) is 0 Å². The highest BCUT2D eigenvalue weighted by molar-refractivity contribution is 5.24. The summed E-state index contributed by atoms with van der Waals surface area (Å²) < 4.78 is 0. The second-order valence-corrected chi connectivity index (χ2v) is 1.67. The topological polar surface area (TPSA) is 53.1 Å². The van der Waals surface area contributed by atoms with Gasteiger partial charge in [0, 0.05) is 18.3 Å². The van der Waals surface area contributed by atoms with Crippen LogP contribution >= 0.6 is 0 Å². The zero-order valence-electron chi connectivity index (χ0n) is 5.09. The maximum atomic E-state index is 10.6. The molecule has 0 aliphatic heterocycles. The van der Waals surface area contributed by atoms with Gasteiger partial charge in [0.1, 0.15) is 6.11 Å². The molecule has 10 heavy (non-hydrogen) atoms. The van der Waals surface area contributed by atoms with Gasteiger partial charge in [0.15, 0.2) is 5.43 Å². The van der Waals surface area contributed by atoms with E-state index in [1.165, 1.54) is 18.3 Å². The Balaban J connectivity index is 3.15. The molecule has 0 saturated carbocycles. The lowest BCUT2D eigenvalue weighted by Gasteiger charge is -1.84. The van der Waals surface area contributed by atoms with Crippen LogP contribution in [0.25, 0.3) is 0 Å². The molecule has 0 aromatic carbocycles. The zero-order valence-corrected chi connectivity index (χ0v) is 5.09. The third kappa shape index (κ3) is 1.39. The van der Waals surface area contributed by atoms with Gasteiger partial charge in [-0.15, -0.1) is 0 Å². The van der Waals surface area contributed by atoms with E-state index in [1.54, 1.807) is 6.11 Å². The summed E-state index contributed by atoms with van der Waals surface area (Å²) in [5.74, 6) is 2.30. The van der Waals surface area contributed by atoms with Crippen molar-refractivity contribution in [1.29, 1.82) is 0 Å². The standard InChI is InChI=1S/C7H5NO2/c9-4-2-6-5-7(10)1-3-8-6/h1,3,5,9H,(H,8,10). The van der Waals surface area contributed by atoms with Gasteiger partial charge >= 0.3 is 0 Å². The summed E-state index contributed by atoms with van der Waals surface area (Å²) >= 11 is 0. The van der Waals surface area contributed by atoms with Gasteiger partial charge in [-0.3, -0.25) is 4.79 Å². The lowest BCUT2D eigenvalue weighted by molar-refractivity contribution is 0.517. The number of hydrogen-bond acceptors (Lipinski definition) is 2. The molecule has 1 aromatic heterocycles. The average molecular weight is 135 g/mol. The molecule has 1 rings (SSSR count). The van der Waals surface area contributed by atoms with Gasteiger partial charge in [0.05, 0.1) is 5.69 Å². The second-order valence-electron chi connectivity index (χ2n) is 1.67. The van der Waals surface area contributed by atoms with E-state index >= 15 is 0 Å². The predicted octanol–water partition coefficient (Wildman–Crippen LogP) is 0.0564. The highest BCUT2D eigenvalue weighted by Crippen LogP contribution is 1.82. The van der Waals surface area contributed by atoms with E-state index in [2.05, 4.69) is 10.9 Å². The summed E-state index contributed by atoms with van der Waals surface area (Å²) in [6.45, 7) is 0. The third-order valence-electron chi connectivity index (χ3n) is 0.964. The molecule has 2 N–H and O–H groups in total. The Morgan fingerprint density at radius 1 is 1.60 bits per heavy atom. The predicted molar refractivity (Wildman–Crippen MR) is 35.9 cm³/mol. The van der Waals surface area contributed by atoms with Gasteiger partial charge < -0.3 is 10.1 Å². The number of aromatic amines is 1. The van der Waals surface area contributed by atoms with Crippen LogP contribution in [0.1, 0.15) is 5.69 Å². The lowest BCUT2D eigenvalue weighted by Crippen LogP contribution is -1.97. The Kier molecular flexibility index (Phi) is 1.76. The number of rotatable bonds is 0. The molecule has 0 fully saturated rings. The Bertz CT molecular complexity index is 329. The second kappa shape index (κ2) is 2.74. The Labute approximate surface area is 57.3 Å². The minimum atomic E-state index is -0.128. The fraction of sp³-hybridized carbons (Fsp3) is 0. The third-order valence-corrected chi connectivity index (χ3v) is 0.964. The SMILES string of the molecule is O=c1cc[nH]c(C#CO)c1. The number of hydrogen-bond donors (Lipinski definition) is 2. The van der Waals surface area contributed by atoms with Crippen LogP contribution in [0.2, 0.25) is 0 Å². The molecular weight excluding hydrogens is 130 g/mol. The van der Waals surface area contributed by atoms with Gasteiger partial charge in [-0.2, -0.15) is 0 Å². The largest absolute Gasteiger partial charge is 0.462 e. The molecule has 0 aliphatic rings. The van der Waals surface area contributed by atoms with Gasteiger partial charge in [0.2, 0.25) is 0 Å². The molecule has 3 heteroatoms. The van der Waals surface area contributed by atoms with Crippen LogP contribution in [0.15, 0.2) is 23.1 Å². The lowest BCUT2D eigenvalue weighted by atomic mass is 10.3. The molecule has 0 amide bonds. The summed E-state index contributed by atoms with van der Waals surface area (Å²) in [5, 5.41) is 8.13. The van der Waals surface area contributed by atoms with Crippen molar-refractivity contribution < 1.29 is 5.11 Å². The fourth-order valence-corrected chi connectivity index (χ4v) is 0.578. The first kappa shape index (κ1) is 6.43. The normalized spacial score (nSPS) is 8.00. The number of pyridine rings is 1. The molecule has 0 atom stereocenters. The van der Waals surface area contributed by atoms with E-state index in [-0.39, 0.29) is 5.43 Å². The van der Waals surface area contributed by atoms with Crippen LogP contribution in [0.3, 0.4) is 0 Å². The first-order chi connectivity index (χ1) is 4.83. The Morgan fingerprint density at radius 3 is 3.00 bits per heavy atom. The number of nitrogens with one attached hydrogen (secondary N) is 1. The summed E-state index contributed by atoms with van der Waals surface area (Å²) in [6.07, 6.45) is 3.17. The smallest absolute Gasteiger partial charge is 0.182 e.